The molecule has 0 atom stereocenters. The van der Waals surface area contributed by atoms with Gasteiger partial charge in [-0.15, -0.1) is 10.2 Å². The first-order valence-electron chi connectivity index (χ1n) is 9.48. The lowest BCUT2D eigenvalue weighted by Crippen LogP contribution is -2.18. The Labute approximate surface area is 172 Å². The van der Waals surface area contributed by atoms with Gasteiger partial charge >= 0.3 is 0 Å². The first-order valence-corrected chi connectivity index (χ1v) is 9.48. The van der Waals surface area contributed by atoms with Crippen LogP contribution < -0.4 is 10.1 Å². The highest BCUT2D eigenvalue weighted by molar-refractivity contribution is 6.03. The first kappa shape index (κ1) is 19.5. The van der Waals surface area contributed by atoms with Gasteiger partial charge in [-0.2, -0.15) is 5.10 Å². The third kappa shape index (κ3) is 3.47. The van der Waals surface area contributed by atoms with Crippen LogP contribution in [-0.4, -0.2) is 32.8 Å². The van der Waals surface area contributed by atoms with E-state index in [4.69, 9.17) is 4.74 Å². The number of aromatic nitrogens is 4. The molecule has 2 heterocycles. The van der Waals surface area contributed by atoms with Crippen molar-refractivity contribution in [3.05, 3.63) is 71.4 Å². The van der Waals surface area contributed by atoms with Gasteiger partial charge in [0.2, 0.25) is 0 Å². The molecule has 30 heavy (non-hydrogen) atoms. The monoisotopic (exact) mass is 405 g/mol. The van der Waals surface area contributed by atoms with Crippen molar-refractivity contribution in [3.8, 4) is 16.9 Å². The molecule has 0 aliphatic rings. The van der Waals surface area contributed by atoms with Crippen LogP contribution in [0.25, 0.3) is 16.8 Å². The minimum absolute atomic E-state index is 0.168. The van der Waals surface area contributed by atoms with Gasteiger partial charge in [-0.25, -0.2) is 8.91 Å². The number of carbonyl (C=O) groups is 1. The lowest BCUT2D eigenvalue weighted by Gasteiger charge is -2.09. The molecule has 4 rings (SSSR count). The zero-order valence-corrected chi connectivity index (χ0v) is 16.8. The van der Waals surface area contributed by atoms with Gasteiger partial charge in [0.05, 0.1) is 24.1 Å². The number of nitrogens with zero attached hydrogens (tertiary/aromatic N) is 4. The topological polar surface area (TPSA) is 81.4 Å². The summed E-state index contributed by atoms with van der Waals surface area (Å²) in [6, 6.07) is 13.2. The molecule has 1 N–H and O–H groups in total. The highest BCUT2D eigenvalue weighted by Gasteiger charge is 2.21. The highest BCUT2D eigenvalue weighted by Crippen LogP contribution is 2.29. The maximum Gasteiger partial charge on any atom is 0.278 e. The average molecular weight is 405 g/mol. The molecule has 0 aliphatic heterocycles. The summed E-state index contributed by atoms with van der Waals surface area (Å²) in [6.45, 7) is 3.75. The number of rotatable bonds is 5. The Morgan fingerprint density at radius 3 is 2.63 bits per heavy atom. The van der Waals surface area contributed by atoms with E-state index in [1.807, 2.05) is 6.92 Å². The second-order valence-corrected chi connectivity index (χ2v) is 6.74. The molecule has 0 saturated heterocycles. The minimum Gasteiger partial charge on any atom is -0.497 e. The number of halogens is 1. The van der Waals surface area contributed by atoms with E-state index >= 15 is 0 Å². The summed E-state index contributed by atoms with van der Waals surface area (Å²) in [5, 5.41) is 15.9. The van der Waals surface area contributed by atoms with Crippen molar-refractivity contribution < 1.29 is 13.9 Å². The molecule has 0 saturated carbocycles. The number of aryl methyl sites for hydroxylation is 2. The van der Waals surface area contributed by atoms with Crippen LogP contribution >= 0.6 is 0 Å². The van der Waals surface area contributed by atoms with Gasteiger partial charge < -0.3 is 10.1 Å². The molecule has 0 aliphatic carbocycles. The largest absolute Gasteiger partial charge is 0.497 e. The quantitative estimate of drug-likeness (QED) is 0.541. The number of amides is 1. The van der Waals surface area contributed by atoms with E-state index in [0.29, 0.717) is 29.2 Å². The van der Waals surface area contributed by atoms with Crippen LogP contribution in [0.2, 0.25) is 0 Å². The molecule has 0 spiro atoms. The average Bonchev–Trinajstić information content (AvgIpc) is 3.14. The first-order chi connectivity index (χ1) is 14.5. The third-order valence-corrected chi connectivity index (χ3v) is 4.85. The van der Waals surface area contributed by atoms with Gasteiger partial charge in [0, 0.05) is 11.8 Å². The van der Waals surface area contributed by atoms with Crippen LogP contribution in [0.1, 0.15) is 28.8 Å². The lowest BCUT2D eigenvalue weighted by atomic mass is 10.0. The normalized spacial score (nSPS) is 10.9. The van der Waals surface area contributed by atoms with Gasteiger partial charge in [0.15, 0.2) is 11.3 Å². The molecule has 1 amide bonds. The van der Waals surface area contributed by atoms with E-state index in [-0.39, 0.29) is 11.5 Å². The Bertz CT molecular complexity index is 1230. The van der Waals surface area contributed by atoms with Crippen molar-refractivity contribution >= 4 is 17.2 Å². The summed E-state index contributed by atoms with van der Waals surface area (Å²) < 4.78 is 20.2. The number of methoxy groups -OCH3 is 1. The van der Waals surface area contributed by atoms with Crippen molar-refractivity contribution in [1.82, 2.24) is 19.8 Å². The number of ether oxygens (including phenoxy) is 1. The predicted octanol–water partition coefficient (Wildman–Crippen LogP) is 4.06. The Morgan fingerprint density at radius 2 is 1.93 bits per heavy atom. The van der Waals surface area contributed by atoms with Gasteiger partial charge in [0.1, 0.15) is 11.6 Å². The van der Waals surface area contributed by atoms with Crippen LogP contribution in [0.15, 0.2) is 48.5 Å². The number of nitrogens with one attached hydrogen (secondary N) is 1. The fourth-order valence-electron chi connectivity index (χ4n) is 3.31. The van der Waals surface area contributed by atoms with Gasteiger partial charge in [-0.3, -0.25) is 4.79 Å². The van der Waals surface area contributed by atoms with E-state index < -0.39 is 5.91 Å². The number of fused-ring (bicyclic) bond motifs is 1. The van der Waals surface area contributed by atoms with Crippen molar-refractivity contribution in [3.63, 3.8) is 0 Å². The third-order valence-electron chi connectivity index (χ3n) is 4.85. The zero-order valence-electron chi connectivity index (χ0n) is 16.8. The van der Waals surface area contributed by atoms with Crippen LogP contribution in [0.5, 0.6) is 5.75 Å². The number of hydrogen-bond donors (Lipinski definition) is 1. The van der Waals surface area contributed by atoms with Crippen molar-refractivity contribution in [2.24, 2.45) is 0 Å². The number of carbonyl (C=O) groups excluding carboxylic acids is 1. The smallest absolute Gasteiger partial charge is 0.278 e. The predicted molar refractivity (Wildman–Crippen MR) is 111 cm³/mol. The van der Waals surface area contributed by atoms with Gasteiger partial charge in [-0.05, 0) is 43.2 Å². The SMILES string of the molecule is CCc1nn2c(C)c(C(=O)Nc3cccc(OC)c3)nnc2c1-c1ccc(F)cc1. The molecule has 152 valence electrons. The van der Waals surface area contributed by atoms with Crippen molar-refractivity contribution in [2.45, 2.75) is 20.3 Å². The molecule has 0 radical (unpaired) electrons. The standard InChI is InChI=1S/C22H20FN5O2/c1-4-18-19(14-8-10-15(23)11-9-14)21-26-25-20(13(2)28(21)27-18)22(29)24-16-6-5-7-17(12-16)30-3/h5-12H,4H2,1-3H3,(H,24,29). The van der Waals surface area contributed by atoms with Crippen LogP contribution in [0, 0.1) is 12.7 Å². The van der Waals surface area contributed by atoms with Crippen molar-refractivity contribution in [1.29, 1.82) is 0 Å². The number of anilines is 1. The molecule has 0 bridgehead atoms. The summed E-state index contributed by atoms with van der Waals surface area (Å²) in [7, 11) is 1.56. The molecule has 4 aromatic rings. The molecule has 0 fully saturated rings. The highest BCUT2D eigenvalue weighted by atomic mass is 19.1. The Morgan fingerprint density at radius 1 is 1.17 bits per heavy atom. The molecule has 0 unspecified atom stereocenters. The van der Waals surface area contributed by atoms with E-state index in [2.05, 4.69) is 20.6 Å². The number of hydrogen-bond acceptors (Lipinski definition) is 5. The van der Waals surface area contributed by atoms with E-state index in [1.165, 1.54) is 12.1 Å². The van der Waals surface area contributed by atoms with Crippen LogP contribution in [0.3, 0.4) is 0 Å². The molecule has 8 heteroatoms. The lowest BCUT2D eigenvalue weighted by molar-refractivity contribution is 0.102. The summed E-state index contributed by atoms with van der Waals surface area (Å²) in [4.78, 5) is 12.8. The maximum absolute atomic E-state index is 13.4. The Balaban J connectivity index is 1.75. The summed E-state index contributed by atoms with van der Waals surface area (Å²) >= 11 is 0. The molecular weight excluding hydrogens is 385 g/mol. The molecule has 2 aromatic carbocycles. The van der Waals surface area contributed by atoms with E-state index in [9.17, 15) is 9.18 Å². The van der Waals surface area contributed by atoms with Gasteiger partial charge in [0.25, 0.3) is 5.91 Å². The maximum atomic E-state index is 13.4. The second-order valence-electron chi connectivity index (χ2n) is 6.74. The summed E-state index contributed by atoms with van der Waals surface area (Å²) in [5.74, 6) is -0.0752. The zero-order chi connectivity index (χ0) is 21.3. The summed E-state index contributed by atoms with van der Waals surface area (Å²) in [6.07, 6.45) is 0.654. The minimum atomic E-state index is -0.396. The van der Waals surface area contributed by atoms with Crippen LogP contribution in [-0.2, 0) is 6.42 Å². The molecule has 7 nitrogen and oxygen atoms in total. The fourth-order valence-corrected chi connectivity index (χ4v) is 3.31. The molecule has 2 aromatic heterocycles. The van der Waals surface area contributed by atoms with E-state index in [1.54, 1.807) is 54.9 Å². The number of benzene rings is 2. The van der Waals surface area contributed by atoms with Crippen molar-refractivity contribution in [2.75, 3.05) is 12.4 Å². The Hall–Kier alpha value is -3.81. The van der Waals surface area contributed by atoms with Gasteiger partial charge in [-0.1, -0.05) is 25.1 Å². The van der Waals surface area contributed by atoms with E-state index in [0.717, 1.165) is 16.8 Å². The fraction of sp³-hybridized carbons (Fsp3) is 0.182. The van der Waals surface area contributed by atoms with Crippen LogP contribution in [0.4, 0.5) is 10.1 Å². The second kappa shape index (κ2) is 7.90. The Kier molecular flexibility index (Phi) is 5.14. The summed E-state index contributed by atoms with van der Waals surface area (Å²) in [5.41, 5.74) is 4.21. The molecular formula is C22H20FN5O2.